The number of carbonyl (C=O) groups is 2. The van der Waals surface area contributed by atoms with E-state index in [2.05, 4.69) is 5.32 Å². The number of rotatable bonds is 3. The number of hydrogen-bond donors (Lipinski definition) is 3. The van der Waals surface area contributed by atoms with E-state index in [4.69, 9.17) is 11.6 Å². The van der Waals surface area contributed by atoms with Crippen molar-refractivity contribution in [3.05, 3.63) is 70.2 Å². The summed E-state index contributed by atoms with van der Waals surface area (Å²) in [7, 11) is 0. The normalized spacial score (nSPS) is 25.0. The summed E-state index contributed by atoms with van der Waals surface area (Å²) >= 11 is 5.82. The minimum absolute atomic E-state index is 0.0183. The van der Waals surface area contributed by atoms with Crippen LogP contribution in [0.5, 0.6) is 0 Å². The van der Waals surface area contributed by atoms with Crippen molar-refractivity contribution in [1.29, 1.82) is 0 Å². The van der Waals surface area contributed by atoms with E-state index < -0.39 is 35.7 Å². The lowest BCUT2D eigenvalue weighted by molar-refractivity contribution is -0.287. The second kappa shape index (κ2) is 7.10. The van der Waals surface area contributed by atoms with Gasteiger partial charge in [0.05, 0.1) is 6.04 Å². The maximum absolute atomic E-state index is 13.8. The monoisotopic (exact) mass is 412 g/mol. The SMILES string of the molecule is Cc1ccc(C(=O)C2C(c3ccc(Cl)cc3)NC(=O)NC2(O)C(F)(F)F)cc1. The third-order valence-electron chi connectivity index (χ3n) is 4.65. The number of aryl methyl sites for hydroxylation is 1. The molecule has 0 radical (unpaired) electrons. The molecule has 1 aliphatic rings. The molecule has 2 amide bonds. The van der Waals surface area contributed by atoms with Crippen molar-refractivity contribution in [3.8, 4) is 0 Å². The Morgan fingerprint density at radius 2 is 1.68 bits per heavy atom. The van der Waals surface area contributed by atoms with Gasteiger partial charge in [-0.3, -0.25) is 4.79 Å². The number of Topliss-reactive ketones (excluding diaryl/α,β-unsaturated/α-hetero) is 1. The first-order chi connectivity index (χ1) is 13.0. The van der Waals surface area contributed by atoms with Gasteiger partial charge < -0.3 is 15.7 Å². The van der Waals surface area contributed by atoms with E-state index >= 15 is 0 Å². The standard InChI is InChI=1S/C19H16ClF3N2O3/c1-10-2-4-12(5-3-10)16(26)14-15(11-6-8-13(20)9-7-11)24-17(27)25-18(14,28)19(21,22)23/h2-9,14-15,28H,1H3,(H2,24,25,27). The van der Waals surface area contributed by atoms with Gasteiger partial charge in [0.2, 0.25) is 5.72 Å². The summed E-state index contributed by atoms with van der Waals surface area (Å²) in [4.78, 5) is 25.0. The fourth-order valence-corrected chi connectivity index (χ4v) is 3.31. The summed E-state index contributed by atoms with van der Waals surface area (Å²) in [6, 6.07) is 8.87. The third-order valence-corrected chi connectivity index (χ3v) is 4.91. The minimum atomic E-state index is -5.29. The third kappa shape index (κ3) is 3.57. The van der Waals surface area contributed by atoms with E-state index in [1.807, 2.05) is 0 Å². The number of amides is 2. The van der Waals surface area contributed by atoms with Gasteiger partial charge in [-0.2, -0.15) is 13.2 Å². The first kappa shape index (κ1) is 20.2. The highest BCUT2D eigenvalue weighted by atomic mass is 35.5. The van der Waals surface area contributed by atoms with E-state index in [0.717, 1.165) is 5.56 Å². The molecule has 0 saturated carbocycles. The van der Waals surface area contributed by atoms with E-state index in [9.17, 15) is 27.9 Å². The molecule has 0 aromatic heterocycles. The smallest absolute Gasteiger partial charge is 0.363 e. The second-order valence-electron chi connectivity index (χ2n) is 6.60. The zero-order valence-corrected chi connectivity index (χ0v) is 15.3. The van der Waals surface area contributed by atoms with Gasteiger partial charge in [-0.25, -0.2) is 4.79 Å². The zero-order valence-electron chi connectivity index (χ0n) is 14.5. The molecular weight excluding hydrogens is 397 g/mol. The van der Waals surface area contributed by atoms with Crippen LogP contribution >= 0.6 is 11.6 Å². The predicted molar refractivity (Wildman–Crippen MR) is 95.9 cm³/mol. The van der Waals surface area contributed by atoms with Crippen LogP contribution in [-0.2, 0) is 0 Å². The van der Waals surface area contributed by atoms with Crippen LogP contribution in [0.2, 0.25) is 5.02 Å². The van der Waals surface area contributed by atoms with Crippen molar-refractivity contribution >= 4 is 23.4 Å². The Balaban J connectivity index is 2.15. The molecule has 1 fully saturated rings. The number of alkyl halides is 3. The van der Waals surface area contributed by atoms with Crippen molar-refractivity contribution in [3.63, 3.8) is 0 Å². The molecule has 28 heavy (non-hydrogen) atoms. The number of nitrogens with one attached hydrogen (secondary N) is 2. The molecule has 148 valence electrons. The van der Waals surface area contributed by atoms with Crippen LogP contribution in [0.3, 0.4) is 0 Å². The highest BCUT2D eigenvalue weighted by Gasteiger charge is 2.66. The first-order valence-electron chi connectivity index (χ1n) is 8.27. The van der Waals surface area contributed by atoms with E-state index in [1.54, 1.807) is 19.1 Å². The largest absolute Gasteiger partial charge is 0.437 e. The summed E-state index contributed by atoms with van der Waals surface area (Å²) < 4.78 is 41.3. The number of urea groups is 1. The highest BCUT2D eigenvalue weighted by Crippen LogP contribution is 2.44. The average molecular weight is 413 g/mol. The molecule has 9 heteroatoms. The average Bonchev–Trinajstić information content (AvgIpc) is 2.61. The molecular formula is C19H16ClF3N2O3. The number of carbonyl (C=O) groups excluding carboxylic acids is 2. The Bertz CT molecular complexity index is 900. The van der Waals surface area contributed by atoms with Crippen molar-refractivity contribution < 1.29 is 27.9 Å². The number of hydrogen-bond acceptors (Lipinski definition) is 3. The maximum atomic E-state index is 13.8. The van der Waals surface area contributed by atoms with Gasteiger partial charge in [-0.05, 0) is 24.6 Å². The molecule has 3 atom stereocenters. The van der Waals surface area contributed by atoms with Gasteiger partial charge in [0.1, 0.15) is 5.92 Å². The summed E-state index contributed by atoms with van der Waals surface area (Å²) in [6.45, 7) is 1.76. The maximum Gasteiger partial charge on any atom is 0.437 e. The molecule has 5 nitrogen and oxygen atoms in total. The molecule has 0 bridgehead atoms. The van der Waals surface area contributed by atoms with E-state index in [0.29, 0.717) is 5.02 Å². The second-order valence-corrected chi connectivity index (χ2v) is 7.04. The lowest BCUT2D eigenvalue weighted by Crippen LogP contribution is -2.72. The number of ketones is 1. The molecule has 1 saturated heterocycles. The molecule has 0 aliphatic carbocycles. The van der Waals surface area contributed by atoms with E-state index in [-0.39, 0.29) is 11.1 Å². The highest BCUT2D eigenvalue weighted by molar-refractivity contribution is 6.30. The van der Waals surface area contributed by atoms with Gasteiger partial charge in [0.15, 0.2) is 5.78 Å². The van der Waals surface area contributed by atoms with Crippen LogP contribution in [0, 0.1) is 12.8 Å². The van der Waals surface area contributed by atoms with Crippen LogP contribution in [0.25, 0.3) is 0 Å². The summed E-state index contributed by atoms with van der Waals surface area (Å²) in [5.74, 6) is -3.03. The first-order valence-corrected chi connectivity index (χ1v) is 8.65. The van der Waals surface area contributed by atoms with Crippen LogP contribution in [0.15, 0.2) is 48.5 Å². The molecule has 3 unspecified atom stereocenters. The Kier molecular flexibility index (Phi) is 5.12. The summed E-state index contributed by atoms with van der Waals surface area (Å²) in [5, 5.41) is 14.6. The van der Waals surface area contributed by atoms with E-state index in [1.165, 1.54) is 41.7 Å². The summed E-state index contributed by atoms with van der Waals surface area (Å²) in [6.07, 6.45) is -5.29. The Hall–Kier alpha value is -2.58. The number of benzene rings is 2. The van der Waals surface area contributed by atoms with Crippen LogP contribution < -0.4 is 10.6 Å². The van der Waals surface area contributed by atoms with Crippen LogP contribution in [-0.4, -0.2) is 28.8 Å². The zero-order chi connectivity index (χ0) is 20.7. The summed E-state index contributed by atoms with van der Waals surface area (Å²) in [5.41, 5.74) is -2.75. The van der Waals surface area contributed by atoms with Crippen molar-refractivity contribution in [2.24, 2.45) is 5.92 Å². The number of aliphatic hydroxyl groups is 1. The lowest BCUT2D eigenvalue weighted by atomic mass is 9.77. The van der Waals surface area contributed by atoms with Gasteiger partial charge >= 0.3 is 12.2 Å². The molecule has 0 spiro atoms. The van der Waals surface area contributed by atoms with Gasteiger partial charge in [0, 0.05) is 10.6 Å². The fraction of sp³-hybridized carbons (Fsp3) is 0.263. The molecule has 1 heterocycles. The molecule has 1 aliphatic heterocycles. The Morgan fingerprint density at radius 1 is 1.11 bits per heavy atom. The fourth-order valence-electron chi connectivity index (χ4n) is 3.18. The predicted octanol–water partition coefficient (Wildman–Crippen LogP) is 3.75. The Labute approximate surface area is 163 Å². The lowest BCUT2D eigenvalue weighted by Gasteiger charge is -2.45. The van der Waals surface area contributed by atoms with Crippen LogP contribution in [0.4, 0.5) is 18.0 Å². The van der Waals surface area contributed by atoms with Gasteiger partial charge in [-0.15, -0.1) is 0 Å². The topological polar surface area (TPSA) is 78.4 Å². The van der Waals surface area contributed by atoms with Gasteiger partial charge in [-0.1, -0.05) is 53.6 Å². The molecule has 3 rings (SSSR count). The van der Waals surface area contributed by atoms with Crippen molar-refractivity contribution in [2.45, 2.75) is 24.9 Å². The quantitative estimate of drug-likeness (QED) is 0.672. The van der Waals surface area contributed by atoms with Crippen LogP contribution in [0.1, 0.15) is 27.5 Å². The Morgan fingerprint density at radius 3 is 2.21 bits per heavy atom. The van der Waals surface area contributed by atoms with Gasteiger partial charge in [0.25, 0.3) is 0 Å². The van der Waals surface area contributed by atoms with Crippen molar-refractivity contribution in [1.82, 2.24) is 10.6 Å². The molecule has 3 N–H and O–H groups in total. The minimum Gasteiger partial charge on any atom is -0.363 e. The molecule has 2 aromatic carbocycles. The number of halogens is 4. The molecule has 2 aromatic rings. The van der Waals surface area contributed by atoms with Crippen molar-refractivity contribution in [2.75, 3.05) is 0 Å².